The first-order valence-corrected chi connectivity index (χ1v) is 7.70. The first kappa shape index (κ1) is 13.4. The van der Waals surface area contributed by atoms with E-state index in [1.807, 2.05) is 26.0 Å². The Kier molecular flexibility index (Phi) is 3.40. The largest absolute Gasteiger partial charge is 0.287 e. The van der Waals surface area contributed by atoms with E-state index < -0.39 is 0 Å². The van der Waals surface area contributed by atoms with Crippen LogP contribution in [-0.2, 0) is 0 Å². The second-order valence-electron chi connectivity index (χ2n) is 4.52. The molecule has 0 aliphatic carbocycles. The summed E-state index contributed by atoms with van der Waals surface area (Å²) < 4.78 is 0.949. The molecule has 0 bridgehead atoms. The molecule has 1 aromatic carbocycles. The van der Waals surface area contributed by atoms with Gasteiger partial charge in [0.2, 0.25) is 5.78 Å². The van der Waals surface area contributed by atoms with Crippen molar-refractivity contribution in [1.29, 1.82) is 0 Å². The molecule has 0 fully saturated rings. The molecule has 3 aromatic rings. The number of hydrogen-bond donors (Lipinski definition) is 0. The van der Waals surface area contributed by atoms with Gasteiger partial charge in [0.25, 0.3) is 0 Å². The maximum Gasteiger partial charge on any atom is 0.212 e. The summed E-state index contributed by atoms with van der Waals surface area (Å²) in [7, 11) is 0. The molecule has 0 N–H and O–H groups in total. The van der Waals surface area contributed by atoms with Gasteiger partial charge in [0.1, 0.15) is 16.9 Å². The molecule has 20 heavy (non-hydrogen) atoms. The van der Waals surface area contributed by atoms with Crippen LogP contribution in [0.25, 0.3) is 10.2 Å². The summed E-state index contributed by atoms with van der Waals surface area (Å²) in [4.78, 5) is 23.2. The highest BCUT2D eigenvalue weighted by atomic mass is 79.9. The number of ketones is 1. The van der Waals surface area contributed by atoms with Gasteiger partial charge in [0, 0.05) is 20.3 Å². The Labute approximate surface area is 128 Å². The summed E-state index contributed by atoms with van der Waals surface area (Å²) in [6, 6.07) is 7.32. The third-order valence-corrected chi connectivity index (χ3v) is 4.93. The Morgan fingerprint density at radius 3 is 2.55 bits per heavy atom. The topological polar surface area (TPSA) is 42.9 Å². The van der Waals surface area contributed by atoms with Crippen molar-refractivity contribution >= 4 is 43.3 Å². The van der Waals surface area contributed by atoms with Crippen molar-refractivity contribution in [2.45, 2.75) is 13.8 Å². The quantitative estimate of drug-likeness (QED) is 0.649. The molecule has 0 aliphatic heterocycles. The third kappa shape index (κ3) is 2.17. The fourth-order valence-electron chi connectivity index (χ4n) is 2.09. The minimum atomic E-state index is -0.0641. The van der Waals surface area contributed by atoms with Crippen molar-refractivity contribution in [3.8, 4) is 0 Å². The van der Waals surface area contributed by atoms with E-state index in [-0.39, 0.29) is 5.78 Å². The molecule has 3 rings (SSSR count). The van der Waals surface area contributed by atoms with Crippen LogP contribution in [0.4, 0.5) is 0 Å². The lowest BCUT2D eigenvalue weighted by molar-refractivity contribution is 0.103. The number of carbonyl (C=O) groups excluding carboxylic acids is 1. The predicted molar refractivity (Wildman–Crippen MR) is 84.5 cm³/mol. The molecule has 0 saturated heterocycles. The number of aromatic nitrogens is 2. The number of halogens is 1. The Morgan fingerprint density at radius 2 is 1.85 bits per heavy atom. The Bertz CT molecular complexity index is 809. The standard InChI is InChI=1S/C15H11BrN2OS/c1-8-9(2)20-15-12(8)13(17-7-18-15)14(19)10-3-5-11(16)6-4-10/h3-7H,1-2H3. The van der Waals surface area contributed by atoms with Crippen molar-refractivity contribution in [2.24, 2.45) is 0 Å². The van der Waals surface area contributed by atoms with E-state index in [4.69, 9.17) is 0 Å². The fourth-order valence-corrected chi connectivity index (χ4v) is 3.35. The number of fused-ring (bicyclic) bond motifs is 1. The summed E-state index contributed by atoms with van der Waals surface area (Å²) in [5.74, 6) is -0.0641. The normalized spacial score (nSPS) is 10.9. The van der Waals surface area contributed by atoms with E-state index in [9.17, 15) is 4.79 Å². The first-order chi connectivity index (χ1) is 9.58. The maximum absolute atomic E-state index is 12.6. The molecular weight excluding hydrogens is 336 g/mol. The molecule has 100 valence electrons. The average molecular weight is 347 g/mol. The van der Waals surface area contributed by atoms with Crippen LogP contribution in [0.3, 0.4) is 0 Å². The highest BCUT2D eigenvalue weighted by Gasteiger charge is 2.18. The average Bonchev–Trinajstić information content (AvgIpc) is 2.74. The molecule has 0 amide bonds. The number of rotatable bonds is 2. The second kappa shape index (κ2) is 5.07. The molecule has 3 nitrogen and oxygen atoms in total. The lowest BCUT2D eigenvalue weighted by Crippen LogP contribution is -2.05. The van der Waals surface area contributed by atoms with Crippen LogP contribution in [0.5, 0.6) is 0 Å². The third-order valence-electron chi connectivity index (χ3n) is 3.29. The molecule has 0 aliphatic rings. The number of hydrogen-bond acceptors (Lipinski definition) is 4. The summed E-state index contributed by atoms with van der Waals surface area (Å²) >= 11 is 4.97. The first-order valence-electron chi connectivity index (χ1n) is 6.09. The molecule has 0 spiro atoms. The van der Waals surface area contributed by atoms with E-state index >= 15 is 0 Å². The summed E-state index contributed by atoms with van der Waals surface area (Å²) in [6.45, 7) is 4.05. The molecule has 0 atom stereocenters. The Balaban J connectivity index is 2.19. The second-order valence-corrected chi connectivity index (χ2v) is 6.64. The molecule has 2 aromatic heterocycles. The van der Waals surface area contributed by atoms with Crippen molar-refractivity contribution in [1.82, 2.24) is 9.97 Å². The van der Waals surface area contributed by atoms with Crippen molar-refractivity contribution in [3.05, 3.63) is 56.8 Å². The van der Waals surface area contributed by atoms with Gasteiger partial charge in [-0.05, 0) is 43.7 Å². The lowest BCUT2D eigenvalue weighted by Gasteiger charge is -2.03. The minimum Gasteiger partial charge on any atom is -0.287 e. The molecule has 5 heteroatoms. The zero-order chi connectivity index (χ0) is 14.3. The fraction of sp³-hybridized carbons (Fsp3) is 0.133. The van der Waals surface area contributed by atoms with Gasteiger partial charge < -0.3 is 0 Å². The zero-order valence-corrected chi connectivity index (χ0v) is 13.4. The van der Waals surface area contributed by atoms with E-state index in [1.165, 1.54) is 11.2 Å². The molecule has 0 radical (unpaired) electrons. The van der Waals surface area contributed by atoms with Crippen LogP contribution in [0.1, 0.15) is 26.5 Å². The van der Waals surface area contributed by atoms with Crippen LogP contribution in [0.2, 0.25) is 0 Å². The van der Waals surface area contributed by atoms with Gasteiger partial charge in [0.15, 0.2) is 0 Å². The van der Waals surface area contributed by atoms with Crippen molar-refractivity contribution in [3.63, 3.8) is 0 Å². The van der Waals surface area contributed by atoms with Gasteiger partial charge >= 0.3 is 0 Å². The number of thiophene rings is 1. The maximum atomic E-state index is 12.6. The lowest BCUT2D eigenvalue weighted by atomic mass is 10.0. The summed E-state index contributed by atoms with van der Waals surface area (Å²) in [5, 5.41) is 0.878. The minimum absolute atomic E-state index is 0.0641. The van der Waals surface area contributed by atoms with Crippen molar-refractivity contribution < 1.29 is 4.79 Å². The van der Waals surface area contributed by atoms with E-state index in [2.05, 4.69) is 25.9 Å². The summed E-state index contributed by atoms with van der Waals surface area (Å²) in [5.41, 5.74) is 2.21. The van der Waals surface area contributed by atoms with Gasteiger partial charge in [-0.3, -0.25) is 4.79 Å². The van der Waals surface area contributed by atoms with Gasteiger partial charge in [-0.15, -0.1) is 11.3 Å². The monoisotopic (exact) mass is 346 g/mol. The zero-order valence-electron chi connectivity index (χ0n) is 11.0. The molecular formula is C15H11BrN2OS. The van der Waals surface area contributed by atoms with E-state index in [1.54, 1.807) is 23.5 Å². The highest BCUT2D eigenvalue weighted by Crippen LogP contribution is 2.31. The number of nitrogens with zero attached hydrogens (tertiary/aromatic N) is 2. The van der Waals surface area contributed by atoms with Crippen LogP contribution < -0.4 is 0 Å². The Hall–Kier alpha value is -1.59. The van der Waals surface area contributed by atoms with E-state index in [0.29, 0.717) is 11.3 Å². The number of aryl methyl sites for hydroxylation is 2. The van der Waals surface area contributed by atoms with Gasteiger partial charge in [0.05, 0.1) is 0 Å². The van der Waals surface area contributed by atoms with Gasteiger partial charge in [-0.1, -0.05) is 15.9 Å². The molecule has 0 unspecified atom stereocenters. The van der Waals surface area contributed by atoms with E-state index in [0.717, 1.165) is 20.3 Å². The Morgan fingerprint density at radius 1 is 1.15 bits per heavy atom. The number of carbonyl (C=O) groups is 1. The van der Waals surface area contributed by atoms with Gasteiger partial charge in [-0.2, -0.15) is 0 Å². The van der Waals surface area contributed by atoms with Crippen LogP contribution in [0, 0.1) is 13.8 Å². The van der Waals surface area contributed by atoms with Gasteiger partial charge in [-0.25, -0.2) is 9.97 Å². The molecule has 2 heterocycles. The molecule has 0 saturated carbocycles. The number of benzene rings is 1. The highest BCUT2D eigenvalue weighted by molar-refractivity contribution is 9.10. The summed E-state index contributed by atoms with van der Waals surface area (Å²) in [6.07, 6.45) is 1.46. The van der Waals surface area contributed by atoms with Crippen LogP contribution in [-0.4, -0.2) is 15.8 Å². The van der Waals surface area contributed by atoms with Crippen LogP contribution >= 0.6 is 27.3 Å². The predicted octanol–water partition coefficient (Wildman–Crippen LogP) is 4.30. The van der Waals surface area contributed by atoms with Crippen LogP contribution in [0.15, 0.2) is 35.1 Å². The SMILES string of the molecule is Cc1sc2ncnc(C(=O)c3ccc(Br)cc3)c2c1C. The smallest absolute Gasteiger partial charge is 0.212 e. The van der Waals surface area contributed by atoms with Crippen molar-refractivity contribution in [2.75, 3.05) is 0 Å².